The van der Waals surface area contributed by atoms with Gasteiger partial charge in [0, 0.05) is 13.1 Å². The zero-order valence-corrected chi connectivity index (χ0v) is 13.6. The molecule has 0 fully saturated rings. The Balaban J connectivity index is 1.82. The second-order valence-electron chi connectivity index (χ2n) is 5.95. The maximum absolute atomic E-state index is 13.1. The first kappa shape index (κ1) is 15.8. The van der Waals surface area contributed by atoms with Crippen LogP contribution in [0.3, 0.4) is 0 Å². The fraction of sp³-hybridized carbons (Fsp3) is 0.350. The maximum Gasteiger partial charge on any atom is 0.256 e. The summed E-state index contributed by atoms with van der Waals surface area (Å²) >= 11 is 0. The normalized spacial score (nSPS) is 16.7. The molecule has 1 atom stereocenters. The van der Waals surface area contributed by atoms with Gasteiger partial charge in [-0.2, -0.15) is 0 Å². The molecule has 0 radical (unpaired) electrons. The molecule has 3 nitrogen and oxygen atoms in total. The fourth-order valence-electron chi connectivity index (χ4n) is 3.11. The lowest BCUT2D eigenvalue weighted by Gasteiger charge is -2.31. The monoisotopic (exact) mass is 309 g/mol. The summed E-state index contributed by atoms with van der Waals surface area (Å²) < 4.78 is 5.84. The van der Waals surface area contributed by atoms with Gasteiger partial charge in [-0.25, -0.2) is 0 Å². The van der Waals surface area contributed by atoms with Crippen LogP contribution < -0.4 is 0 Å². The lowest BCUT2D eigenvalue weighted by atomic mass is 9.96. The third-order valence-corrected chi connectivity index (χ3v) is 4.24. The van der Waals surface area contributed by atoms with Gasteiger partial charge in [-0.1, -0.05) is 61.5 Å². The Bertz CT molecular complexity index is 654. The molecule has 3 heteroatoms. The molecule has 23 heavy (non-hydrogen) atoms. The van der Waals surface area contributed by atoms with Crippen molar-refractivity contribution in [1.29, 1.82) is 0 Å². The molecule has 0 N–H and O–H groups in total. The Hall–Kier alpha value is -2.13. The number of hydrogen-bond donors (Lipinski definition) is 0. The SMILES string of the molecule is CCCN(Cc1ccccc1)C(=O)C1OCCc2ccccc21. The van der Waals surface area contributed by atoms with E-state index in [0.717, 1.165) is 30.5 Å². The Kier molecular flexibility index (Phi) is 5.09. The van der Waals surface area contributed by atoms with Crippen molar-refractivity contribution in [3.63, 3.8) is 0 Å². The Morgan fingerprint density at radius 2 is 1.87 bits per heavy atom. The lowest BCUT2D eigenvalue weighted by Crippen LogP contribution is -2.38. The van der Waals surface area contributed by atoms with Gasteiger partial charge in [0.25, 0.3) is 5.91 Å². The molecule has 1 aliphatic heterocycles. The van der Waals surface area contributed by atoms with Crippen LogP contribution >= 0.6 is 0 Å². The average molecular weight is 309 g/mol. The molecular formula is C20H23NO2. The van der Waals surface area contributed by atoms with Gasteiger partial charge >= 0.3 is 0 Å². The first-order valence-corrected chi connectivity index (χ1v) is 8.31. The van der Waals surface area contributed by atoms with Crippen molar-refractivity contribution in [3.05, 3.63) is 71.3 Å². The van der Waals surface area contributed by atoms with Crippen LogP contribution in [-0.4, -0.2) is 24.0 Å². The third-order valence-electron chi connectivity index (χ3n) is 4.24. The number of amides is 1. The van der Waals surface area contributed by atoms with E-state index >= 15 is 0 Å². The summed E-state index contributed by atoms with van der Waals surface area (Å²) in [4.78, 5) is 15.0. The number of hydrogen-bond acceptors (Lipinski definition) is 2. The lowest BCUT2D eigenvalue weighted by molar-refractivity contribution is -0.145. The predicted molar refractivity (Wildman–Crippen MR) is 91.0 cm³/mol. The first-order valence-electron chi connectivity index (χ1n) is 8.31. The second kappa shape index (κ2) is 7.42. The number of nitrogens with zero attached hydrogens (tertiary/aromatic N) is 1. The van der Waals surface area contributed by atoms with E-state index < -0.39 is 6.10 Å². The highest BCUT2D eigenvalue weighted by atomic mass is 16.5. The van der Waals surface area contributed by atoms with Crippen molar-refractivity contribution in [3.8, 4) is 0 Å². The summed E-state index contributed by atoms with van der Waals surface area (Å²) in [6, 6.07) is 18.3. The summed E-state index contributed by atoms with van der Waals surface area (Å²) in [6.07, 6.45) is 1.36. The van der Waals surface area contributed by atoms with Crippen LogP contribution in [0.25, 0.3) is 0 Å². The molecule has 0 aromatic heterocycles. The summed E-state index contributed by atoms with van der Waals surface area (Å²) in [5.41, 5.74) is 3.41. The number of carbonyl (C=O) groups excluding carboxylic acids is 1. The van der Waals surface area contributed by atoms with E-state index in [1.807, 2.05) is 41.3 Å². The van der Waals surface area contributed by atoms with Crippen LogP contribution in [0, 0.1) is 0 Å². The molecule has 0 spiro atoms. The predicted octanol–water partition coefficient (Wildman–Crippen LogP) is 3.74. The second-order valence-corrected chi connectivity index (χ2v) is 5.95. The standard InChI is InChI=1S/C20H23NO2/c1-2-13-21(15-16-8-4-3-5-9-16)20(22)19-18-11-7-6-10-17(18)12-14-23-19/h3-11,19H,2,12-15H2,1H3. The fourth-order valence-corrected chi connectivity index (χ4v) is 3.11. The van der Waals surface area contributed by atoms with Gasteiger partial charge in [-0.15, -0.1) is 0 Å². The molecule has 2 aromatic carbocycles. The van der Waals surface area contributed by atoms with E-state index in [1.54, 1.807) is 0 Å². The van der Waals surface area contributed by atoms with E-state index in [9.17, 15) is 4.79 Å². The molecule has 0 bridgehead atoms. The quantitative estimate of drug-likeness (QED) is 0.842. The molecule has 1 heterocycles. The van der Waals surface area contributed by atoms with Gasteiger partial charge in [0.1, 0.15) is 0 Å². The molecular weight excluding hydrogens is 286 g/mol. The van der Waals surface area contributed by atoms with Crippen molar-refractivity contribution in [2.24, 2.45) is 0 Å². The average Bonchev–Trinajstić information content (AvgIpc) is 2.61. The minimum Gasteiger partial charge on any atom is -0.363 e. The molecule has 120 valence electrons. The maximum atomic E-state index is 13.1. The molecule has 0 saturated carbocycles. The van der Waals surface area contributed by atoms with Crippen LogP contribution in [0.2, 0.25) is 0 Å². The zero-order chi connectivity index (χ0) is 16.1. The summed E-state index contributed by atoms with van der Waals surface area (Å²) in [6.45, 7) is 4.09. The molecule has 1 unspecified atom stereocenters. The highest BCUT2D eigenvalue weighted by Crippen LogP contribution is 2.29. The van der Waals surface area contributed by atoms with E-state index in [-0.39, 0.29) is 5.91 Å². The van der Waals surface area contributed by atoms with Crippen molar-refractivity contribution >= 4 is 5.91 Å². The first-order chi connectivity index (χ1) is 11.3. The van der Waals surface area contributed by atoms with Crippen LogP contribution in [0.4, 0.5) is 0 Å². The van der Waals surface area contributed by atoms with Crippen LogP contribution in [0.1, 0.15) is 36.1 Å². The topological polar surface area (TPSA) is 29.5 Å². The van der Waals surface area contributed by atoms with E-state index in [4.69, 9.17) is 4.74 Å². The number of ether oxygens (including phenoxy) is 1. The number of carbonyl (C=O) groups is 1. The molecule has 3 rings (SSSR count). The molecule has 0 aliphatic carbocycles. The summed E-state index contributed by atoms with van der Waals surface area (Å²) in [5.74, 6) is 0.0721. The smallest absolute Gasteiger partial charge is 0.256 e. The van der Waals surface area contributed by atoms with Crippen LogP contribution in [0.15, 0.2) is 54.6 Å². The highest BCUT2D eigenvalue weighted by molar-refractivity contribution is 5.83. The van der Waals surface area contributed by atoms with Crippen molar-refractivity contribution < 1.29 is 9.53 Å². The van der Waals surface area contributed by atoms with Gasteiger partial charge in [-0.05, 0) is 29.5 Å². The third kappa shape index (κ3) is 3.62. The molecule has 2 aromatic rings. The minimum atomic E-state index is -0.463. The molecule has 0 saturated heterocycles. The minimum absolute atomic E-state index is 0.0721. The van der Waals surface area contributed by atoms with Gasteiger partial charge in [0.2, 0.25) is 0 Å². The number of benzene rings is 2. The van der Waals surface area contributed by atoms with E-state index in [1.165, 1.54) is 5.56 Å². The zero-order valence-electron chi connectivity index (χ0n) is 13.6. The van der Waals surface area contributed by atoms with Crippen molar-refractivity contribution in [1.82, 2.24) is 4.90 Å². The van der Waals surface area contributed by atoms with Crippen molar-refractivity contribution in [2.45, 2.75) is 32.4 Å². The number of rotatable bonds is 5. The Morgan fingerprint density at radius 3 is 2.65 bits per heavy atom. The van der Waals surface area contributed by atoms with Gasteiger partial charge in [0.05, 0.1) is 6.61 Å². The van der Waals surface area contributed by atoms with Gasteiger partial charge in [-0.3, -0.25) is 4.79 Å². The Labute approximate surface area is 137 Å². The van der Waals surface area contributed by atoms with Crippen LogP contribution in [-0.2, 0) is 22.5 Å². The number of fused-ring (bicyclic) bond motifs is 1. The van der Waals surface area contributed by atoms with Gasteiger partial charge in [0.15, 0.2) is 6.10 Å². The molecule has 1 amide bonds. The Morgan fingerprint density at radius 1 is 1.13 bits per heavy atom. The molecule has 1 aliphatic rings. The van der Waals surface area contributed by atoms with Crippen molar-refractivity contribution in [2.75, 3.05) is 13.2 Å². The van der Waals surface area contributed by atoms with E-state index in [0.29, 0.717) is 13.2 Å². The highest BCUT2D eigenvalue weighted by Gasteiger charge is 2.30. The van der Waals surface area contributed by atoms with E-state index in [2.05, 4.69) is 25.1 Å². The largest absolute Gasteiger partial charge is 0.363 e. The summed E-state index contributed by atoms with van der Waals surface area (Å²) in [5, 5.41) is 0. The van der Waals surface area contributed by atoms with Gasteiger partial charge < -0.3 is 9.64 Å². The van der Waals surface area contributed by atoms with Crippen LogP contribution in [0.5, 0.6) is 0 Å². The summed E-state index contributed by atoms with van der Waals surface area (Å²) in [7, 11) is 0.